The Hall–Kier alpha value is -3.78. The molecule has 168 valence electrons. The van der Waals surface area contributed by atoms with Gasteiger partial charge in [0.05, 0.1) is 6.54 Å². The van der Waals surface area contributed by atoms with E-state index in [4.69, 9.17) is 11.6 Å². The third kappa shape index (κ3) is 3.72. The molecule has 0 unspecified atom stereocenters. The Morgan fingerprint density at radius 3 is 2.58 bits per heavy atom. The summed E-state index contributed by atoms with van der Waals surface area (Å²) in [5, 5.41) is 5.21. The Kier molecular flexibility index (Phi) is 5.30. The minimum atomic E-state index is -0.408. The van der Waals surface area contributed by atoms with Crippen LogP contribution in [0.2, 0.25) is 5.02 Å². The monoisotopic (exact) mass is 462 g/mol. The van der Waals surface area contributed by atoms with Gasteiger partial charge in [0, 0.05) is 42.8 Å². The van der Waals surface area contributed by atoms with Crippen LogP contribution in [0.1, 0.15) is 11.1 Å². The maximum Gasteiger partial charge on any atom is 0.332 e. The van der Waals surface area contributed by atoms with Gasteiger partial charge in [0.1, 0.15) is 0 Å². The van der Waals surface area contributed by atoms with E-state index >= 15 is 0 Å². The standard InChI is InChI=1S/C24H23ClN6O2/c1-29-21-20(22(32)30(2)24(29)33)31(14-15-7-9-17(25)10-8-15)23(28-21)26-12-11-16-13-27-19-6-4-3-5-18(16)19/h3-10,13,27H,11-12,14H2,1-2H3,(H,26,28). The summed E-state index contributed by atoms with van der Waals surface area (Å²) in [6, 6.07) is 15.6. The molecular weight excluding hydrogens is 440 g/mol. The van der Waals surface area contributed by atoms with Crippen LogP contribution >= 0.6 is 11.6 Å². The zero-order valence-corrected chi connectivity index (χ0v) is 19.1. The summed E-state index contributed by atoms with van der Waals surface area (Å²) < 4.78 is 4.34. The maximum atomic E-state index is 13.0. The van der Waals surface area contributed by atoms with Crippen molar-refractivity contribution in [3.05, 3.63) is 91.7 Å². The lowest BCUT2D eigenvalue weighted by Gasteiger charge is -2.11. The summed E-state index contributed by atoms with van der Waals surface area (Å²) >= 11 is 6.04. The molecule has 5 aromatic rings. The van der Waals surface area contributed by atoms with Crippen molar-refractivity contribution in [1.82, 2.24) is 23.7 Å². The van der Waals surface area contributed by atoms with E-state index in [0.29, 0.717) is 35.2 Å². The fraction of sp³-hybridized carbons (Fsp3) is 0.208. The Bertz CT molecular complexity index is 1590. The number of aromatic nitrogens is 5. The molecule has 0 saturated heterocycles. The van der Waals surface area contributed by atoms with Gasteiger partial charge in [-0.15, -0.1) is 0 Å². The van der Waals surface area contributed by atoms with Gasteiger partial charge in [-0.05, 0) is 35.7 Å². The van der Waals surface area contributed by atoms with E-state index in [2.05, 4.69) is 21.4 Å². The van der Waals surface area contributed by atoms with Crippen LogP contribution in [0.4, 0.5) is 5.95 Å². The predicted octanol–water partition coefficient (Wildman–Crippen LogP) is 3.27. The Morgan fingerprint density at radius 2 is 1.79 bits per heavy atom. The molecule has 0 saturated carbocycles. The first-order valence-electron chi connectivity index (χ1n) is 10.6. The zero-order valence-electron chi connectivity index (χ0n) is 18.3. The first-order valence-corrected chi connectivity index (χ1v) is 11.0. The van der Waals surface area contributed by atoms with Gasteiger partial charge < -0.3 is 10.3 Å². The molecular formula is C24H23ClN6O2. The fourth-order valence-corrected chi connectivity index (χ4v) is 4.28. The van der Waals surface area contributed by atoms with Crippen molar-refractivity contribution in [2.75, 3.05) is 11.9 Å². The number of fused-ring (bicyclic) bond motifs is 2. The summed E-state index contributed by atoms with van der Waals surface area (Å²) in [5.41, 5.74) is 3.21. The molecule has 2 aromatic carbocycles. The quantitative estimate of drug-likeness (QED) is 0.405. The van der Waals surface area contributed by atoms with Gasteiger partial charge in [0.25, 0.3) is 5.56 Å². The zero-order chi connectivity index (χ0) is 23.1. The van der Waals surface area contributed by atoms with E-state index < -0.39 is 5.69 Å². The van der Waals surface area contributed by atoms with Crippen LogP contribution in [-0.4, -0.2) is 30.2 Å². The van der Waals surface area contributed by atoms with Crippen LogP contribution in [-0.2, 0) is 27.1 Å². The number of anilines is 1. The van der Waals surface area contributed by atoms with Gasteiger partial charge in [0.15, 0.2) is 11.2 Å². The molecule has 9 heteroatoms. The summed E-state index contributed by atoms with van der Waals surface area (Å²) in [6.45, 7) is 1.02. The minimum absolute atomic E-state index is 0.353. The third-order valence-corrected chi connectivity index (χ3v) is 6.21. The molecule has 0 aliphatic carbocycles. The number of hydrogen-bond donors (Lipinski definition) is 2. The highest BCUT2D eigenvalue weighted by Crippen LogP contribution is 2.21. The average molecular weight is 463 g/mol. The molecule has 33 heavy (non-hydrogen) atoms. The number of rotatable bonds is 6. The van der Waals surface area contributed by atoms with Crippen molar-refractivity contribution in [2.45, 2.75) is 13.0 Å². The maximum absolute atomic E-state index is 13.0. The molecule has 0 aliphatic rings. The van der Waals surface area contributed by atoms with Crippen molar-refractivity contribution in [3.63, 3.8) is 0 Å². The first-order chi connectivity index (χ1) is 15.9. The van der Waals surface area contributed by atoms with E-state index in [9.17, 15) is 9.59 Å². The predicted molar refractivity (Wildman–Crippen MR) is 131 cm³/mol. The number of nitrogens with one attached hydrogen (secondary N) is 2. The van der Waals surface area contributed by atoms with Gasteiger partial charge in [0.2, 0.25) is 5.95 Å². The van der Waals surface area contributed by atoms with Crippen LogP contribution in [0.3, 0.4) is 0 Å². The Morgan fingerprint density at radius 1 is 1.03 bits per heavy atom. The smallest absolute Gasteiger partial charge is 0.332 e. The Balaban J connectivity index is 1.53. The summed E-state index contributed by atoms with van der Waals surface area (Å²) in [5.74, 6) is 0.540. The fourth-order valence-electron chi connectivity index (χ4n) is 4.16. The minimum Gasteiger partial charge on any atom is -0.361 e. The van der Waals surface area contributed by atoms with Crippen molar-refractivity contribution >= 4 is 39.6 Å². The van der Waals surface area contributed by atoms with Crippen molar-refractivity contribution in [2.24, 2.45) is 14.1 Å². The lowest BCUT2D eigenvalue weighted by Crippen LogP contribution is -2.37. The molecule has 3 heterocycles. The molecule has 0 fully saturated rings. The number of hydrogen-bond acceptors (Lipinski definition) is 4. The molecule has 0 spiro atoms. The van der Waals surface area contributed by atoms with E-state index in [1.165, 1.54) is 22.6 Å². The normalized spacial score (nSPS) is 11.5. The SMILES string of the molecule is Cn1c(=O)c2c(nc(NCCc3c[nH]c4ccccc34)n2Cc2ccc(Cl)cc2)n(C)c1=O. The van der Waals surface area contributed by atoms with Gasteiger partial charge >= 0.3 is 5.69 Å². The molecule has 0 bridgehead atoms. The highest BCUT2D eigenvalue weighted by Gasteiger charge is 2.19. The molecule has 0 atom stereocenters. The third-order valence-electron chi connectivity index (χ3n) is 5.95. The first kappa shape index (κ1) is 21.1. The lowest BCUT2D eigenvalue weighted by molar-refractivity contribution is 0.702. The van der Waals surface area contributed by atoms with Crippen molar-refractivity contribution in [3.8, 4) is 0 Å². The van der Waals surface area contributed by atoms with Crippen LogP contribution in [0.25, 0.3) is 22.1 Å². The molecule has 8 nitrogen and oxygen atoms in total. The van der Waals surface area contributed by atoms with Gasteiger partial charge in [-0.25, -0.2) is 4.79 Å². The molecule has 3 aromatic heterocycles. The van der Waals surface area contributed by atoms with Crippen LogP contribution in [0, 0.1) is 0 Å². The van der Waals surface area contributed by atoms with Crippen molar-refractivity contribution in [1.29, 1.82) is 0 Å². The van der Waals surface area contributed by atoms with Crippen LogP contribution in [0.5, 0.6) is 0 Å². The second-order valence-corrected chi connectivity index (χ2v) is 8.50. The van der Waals surface area contributed by atoms with Crippen LogP contribution in [0.15, 0.2) is 64.3 Å². The number of aryl methyl sites for hydroxylation is 1. The molecule has 2 N–H and O–H groups in total. The number of nitrogens with zero attached hydrogens (tertiary/aromatic N) is 4. The number of para-hydroxylation sites is 1. The molecule has 5 rings (SSSR count). The van der Waals surface area contributed by atoms with Crippen molar-refractivity contribution < 1.29 is 0 Å². The highest BCUT2D eigenvalue weighted by atomic mass is 35.5. The topological polar surface area (TPSA) is 89.6 Å². The largest absolute Gasteiger partial charge is 0.361 e. The average Bonchev–Trinajstić information content (AvgIpc) is 3.40. The lowest BCUT2D eigenvalue weighted by atomic mass is 10.1. The Labute approximate surface area is 194 Å². The summed E-state index contributed by atoms with van der Waals surface area (Å²) in [7, 11) is 3.10. The summed E-state index contributed by atoms with van der Waals surface area (Å²) in [6.07, 6.45) is 2.79. The second-order valence-electron chi connectivity index (χ2n) is 8.06. The van der Waals surface area contributed by atoms with Gasteiger partial charge in [-0.2, -0.15) is 4.98 Å². The van der Waals surface area contributed by atoms with Gasteiger partial charge in [-0.1, -0.05) is 41.9 Å². The van der Waals surface area contributed by atoms with E-state index in [1.54, 1.807) is 7.05 Å². The summed E-state index contributed by atoms with van der Waals surface area (Å²) in [4.78, 5) is 33.4. The number of imidazole rings is 1. The van der Waals surface area contributed by atoms with E-state index in [0.717, 1.165) is 22.1 Å². The van der Waals surface area contributed by atoms with E-state index in [-0.39, 0.29) is 5.56 Å². The number of aromatic amines is 1. The molecule has 0 amide bonds. The second kappa shape index (κ2) is 8.29. The van der Waals surface area contributed by atoms with E-state index in [1.807, 2.05) is 53.2 Å². The number of halogens is 1. The number of benzene rings is 2. The number of H-pyrrole nitrogens is 1. The highest BCUT2D eigenvalue weighted by molar-refractivity contribution is 6.30. The van der Waals surface area contributed by atoms with Crippen LogP contribution < -0.4 is 16.6 Å². The molecule has 0 aliphatic heterocycles. The molecule has 0 radical (unpaired) electrons. The van der Waals surface area contributed by atoms with Gasteiger partial charge in [-0.3, -0.25) is 18.5 Å².